The Hall–Kier alpha value is -3.91. The Bertz CT molecular complexity index is 1670. The van der Waals surface area contributed by atoms with Crippen molar-refractivity contribution >= 4 is 11.7 Å². The molecule has 1 aromatic carbocycles. The molecule has 0 radical (unpaired) electrons. The van der Waals surface area contributed by atoms with Crippen LogP contribution in [0.5, 0.6) is 17.2 Å². The molecule has 0 aliphatic carbocycles. The van der Waals surface area contributed by atoms with Crippen molar-refractivity contribution in [2.75, 3.05) is 70.4 Å². The zero-order chi connectivity index (χ0) is 36.0. The van der Waals surface area contributed by atoms with Gasteiger partial charge in [-0.1, -0.05) is 0 Å². The Morgan fingerprint density at radius 2 is 1.94 bits per heavy atom. The molecule has 4 aliphatic heterocycles. The van der Waals surface area contributed by atoms with Crippen molar-refractivity contribution < 1.29 is 23.4 Å². The summed E-state index contributed by atoms with van der Waals surface area (Å²) in [6.07, 6.45) is 10.2. The molecular formula is C39H53FN8O4. The Kier molecular flexibility index (Phi) is 11.8. The van der Waals surface area contributed by atoms with E-state index in [1.807, 2.05) is 33.0 Å². The summed E-state index contributed by atoms with van der Waals surface area (Å²) >= 11 is 0. The molecule has 13 heteroatoms. The van der Waals surface area contributed by atoms with Crippen LogP contribution in [0.2, 0.25) is 0 Å². The van der Waals surface area contributed by atoms with Crippen molar-refractivity contribution in [3.63, 3.8) is 0 Å². The van der Waals surface area contributed by atoms with Crippen LogP contribution < -0.4 is 19.7 Å². The van der Waals surface area contributed by atoms with Crippen LogP contribution in [0.15, 0.2) is 43.0 Å². The van der Waals surface area contributed by atoms with Gasteiger partial charge in [0.25, 0.3) is 5.91 Å². The summed E-state index contributed by atoms with van der Waals surface area (Å²) in [6.45, 7) is 15.7. The SMILES string of the molecule is CCN(C(=O)c1cc(F)ccc1Oc1cncnc1N1CCC(Oc2ccnc3c2CN(CCCN2CCO[C@H]4CCNC[C@@H]42)CC3)CC1)C(C)C. The maximum atomic E-state index is 14.4. The molecule has 4 aliphatic rings. The number of hydrogen-bond donors (Lipinski definition) is 1. The molecule has 2 atom stereocenters. The first-order chi connectivity index (χ1) is 25.4. The minimum absolute atomic E-state index is 0.0440. The van der Waals surface area contributed by atoms with Crippen LogP contribution in [-0.4, -0.2) is 125 Å². The number of carbonyl (C=O) groups excluding carboxylic acids is 1. The van der Waals surface area contributed by atoms with E-state index in [-0.39, 0.29) is 29.4 Å². The van der Waals surface area contributed by atoms with E-state index in [1.165, 1.54) is 30.1 Å². The van der Waals surface area contributed by atoms with E-state index in [1.54, 1.807) is 11.1 Å². The van der Waals surface area contributed by atoms with E-state index in [9.17, 15) is 9.18 Å². The highest BCUT2D eigenvalue weighted by molar-refractivity contribution is 5.97. The third-order valence-corrected chi connectivity index (χ3v) is 10.9. The van der Waals surface area contributed by atoms with Crippen LogP contribution >= 0.6 is 0 Å². The number of ether oxygens (including phenoxy) is 3. The number of halogens is 1. The lowest BCUT2D eigenvalue weighted by atomic mass is 10.00. The molecule has 280 valence electrons. The van der Waals surface area contributed by atoms with E-state index < -0.39 is 5.82 Å². The first-order valence-corrected chi connectivity index (χ1v) is 19.1. The average Bonchev–Trinajstić information content (AvgIpc) is 3.16. The molecule has 6 heterocycles. The number of pyridine rings is 1. The van der Waals surface area contributed by atoms with Gasteiger partial charge in [-0.15, -0.1) is 0 Å². The highest BCUT2D eigenvalue weighted by atomic mass is 19.1. The minimum Gasteiger partial charge on any atom is -0.490 e. The minimum atomic E-state index is -0.496. The summed E-state index contributed by atoms with van der Waals surface area (Å²) in [5.41, 5.74) is 2.53. The zero-order valence-corrected chi connectivity index (χ0v) is 30.8. The van der Waals surface area contributed by atoms with Crippen LogP contribution in [0.4, 0.5) is 10.2 Å². The monoisotopic (exact) mass is 716 g/mol. The summed E-state index contributed by atoms with van der Waals surface area (Å²) in [7, 11) is 0. The van der Waals surface area contributed by atoms with E-state index >= 15 is 0 Å². The summed E-state index contributed by atoms with van der Waals surface area (Å²) in [6, 6.07) is 6.51. The number of hydrogen-bond acceptors (Lipinski definition) is 11. The molecule has 0 unspecified atom stereocenters. The normalized spacial score (nSPS) is 21.4. The van der Waals surface area contributed by atoms with Crippen LogP contribution in [0, 0.1) is 5.82 Å². The number of carbonyl (C=O) groups is 1. The van der Waals surface area contributed by atoms with Gasteiger partial charge in [-0.2, -0.15) is 0 Å². The highest BCUT2D eigenvalue weighted by Gasteiger charge is 2.34. The van der Waals surface area contributed by atoms with Crippen molar-refractivity contribution in [2.45, 2.75) is 83.7 Å². The predicted octanol–water partition coefficient (Wildman–Crippen LogP) is 4.53. The number of benzene rings is 1. The molecule has 0 bridgehead atoms. The number of nitrogens with one attached hydrogen (secondary N) is 1. The predicted molar refractivity (Wildman–Crippen MR) is 197 cm³/mol. The van der Waals surface area contributed by atoms with E-state index in [0.717, 1.165) is 96.0 Å². The number of rotatable bonds is 12. The first-order valence-electron chi connectivity index (χ1n) is 19.1. The van der Waals surface area contributed by atoms with Crippen LogP contribution in [0.25, 0.3) is 0 Å². The van der Waals surface area contributed by atoms with Crippen LogP contribution in [-0.2, 0) is 17.7 Å². The fraction of sp³-hybridized carbons (Fsp3) is 0.590. The topological polar surface area (TPSA) is 108 Å². The molecule has 3 saturated heterocycles. The Balaban J connectivity index is 0.954. The Morgan fingerprint density at radius 1 is 1.08 bits per heavy atom. The molecule has 3 aromatic rings. The van der Waals surface area contributed by atoms with Gasteiger partial charge >= 0.3 is 0 Å². The number of nitrogens with zero attached hydrogens (tertiary/aromatic N) is 7. The van der Waals surface area contributed by atoms with Crippen molar-refractivity contribution in [1.29, 1.82) is 0 Å². The lowest BCUT2D eigenvalue weighted by Crippen LogP contribution is -2.59. The number of aromatic nitrogens is 3. The maximum Gasteiger partial charge on any atom is 0.257 e. The molecular weight excluding hydrogens is 663 g/mol. The van der Waals surface area contributed by atoms with E-state index in [4.69, 9.17) is 19.2 Å². The van der Waals surface area contributed by atoms with Gasteiger partial charge in [0, 0.05) is 94.6 Å². The summed E-state index contributed by atoms with van der Waals surface area (Å²) in [5, 5.41) is 3.55. The summed E-state index contributed by atoms with van der Waals surface area (Å²) < 4.78 is 33.4. The van der Waals surface area contributed by atoms with Crippen LogP contribution in [0.1, 0.15) is 68.1 Å². The van der Waals surface area contributed by atoms with Crippen molar-refractivity contribution in [3.8, 4) is 17.2 Å². The molecule has 12 nitrogen and oxygen atoms in total. The maximum absolute atomic E-state index is 14.4. The van der Waals surface area contributed by atoms with Crippen molar-refractivity contribution in [2.24, 2.45) is 0 Å². The van der Waals surface area contributed by atoms with Crippen molar-refractivity contribution in [1.82, 2.24) is 35.0 Å². The second-order valence-corrected chi connectivity index (χ2v) is 14.6. The lowest BCUT2D eigenvalue weighted by molar-refractivity contribution is -0.0829. The molecule has 1 amide bonds. The van der Waals surface area contributed by atoms with Gasteiger partial charge in [0.1, 0.15) is 29.7 Å². The Labute approximate surface area is 306 Å². The third-order valence-electron chi connectivity index (χ3n) is 10.9. The number of anilines is 1. The number of fused-ring (bicyclic) bond motifs is 2. The molecule has 52 heavy (non-hydrogen) atoms. The van der Waals surface area contributed by atoms with Gasteiger partial charge < -0.3 is 29.3 Å². The second kappa shape index (κ2) is 16.8. The second-order valence-electron chi connectivity index (χ2n) is 14.6. The van der Waals surface area contributed by atoms with Gasteiger partial charge in [0.2, 0.25) is 0 Å². The molecule has 0 spiro atoms. The Morgan fingerprint density at radius 3 is 2.77 bits per heavy atom. The molecule has 0 saturated carbocycles. The van der Waals surface area contributed by atoms with E-state index in [0.29, 0.717) is 43.3 Å². The molecule has 3 fully saturated rings. The third kappa shape index (κ3) is 8.33. The smallest absolute Gasteiger partial charge is 0.257 e. The number of piperidine rings is 2. The average molecular weight is 717 g/mol. The van der Waals surface area contributed by atoms with Gasteiger partial charge in [-0.25, -0.2) is 14.4 Å². The first kappa shape index (κ1) is 36.4. The standard InChI is InChI=1S/C39H53FN8O4/c1-4-48(27(2)3)39(49)30-22-28(40)6-7-34(30)52-37-24-42-26-44-38(37)47-18-10-29(11-19-47)51-35-9-14-43-32-12-17-45(25-31(32)35)15-5-16-46-20-21-50-36-8-13-41-23-33(36)46/h6-7,9,14,22,24,26-27,29,33,36,41H,4-5,8,10-13,15-21,23,25H2,1-3H3/t33-,36-/m0/s1. The fourth-order valence-electron chi connectivity index (χ4n) is 8.17. The zero-order valence-electron chi connectivity index (χ0n) is 30.8. The van der Waals surface area contributed by atoms with Gasteiger partial charge in [0.15, 0.2) is 11.6 Å². The lowest BCUT2D eigenvalue weighted by Gasteiger charge is -2.44. The molecule has 2 aromatic heterocycles. The van der Waals surface area contributed by atoms with E-state index in [2.05, 4.69) is 30.0 Å². The van der Waals surface area contributed by atoms with Crippen molar-refractivity contribution in [3.05, 3.63) is 65.6 Å². The highest BCUT2D eigenvalue weighted by Crippen LogP contribution is 2.35. The van der Waals surface area contributed by atoms with Gasteiger partial charge in [-0.3, -0.25) is 19.6 Å². The summed E-state index contributed by atoms with van der Waals surface area (Å²) in [5.74, 6) is 1.49. The van der Waals surface area contributed by atoms with Gasteiger partial charge in [0.05, 0.1) is 24.5 Å². The largest absolute Gasteiger partial charge is 0.490 e. The number of amides is 1. The molecule has 1 N–H and O–H groups in total. The quantitative estimate of drug-likeness (QED) is 0.286. The van der Waals surface area contributed by atoms with Crippen LogP contribution in [0.3, 0.4) is 0 Å². The summed E-state index contributed by atoms with van der Waals surface area (Å²) in [4.78, 5) is 36.0. The number of morpholine rings is 1. The molecule has 7 rings (SSSR count). The van der Waals surface area contributed by atoms with Gasteiger partial charge in [-0.05, 0) is 77.5 Å². The fourth-order valence-corrected chi connectivity index (χ4v) is 8.17.